The Labute approximate surface area is 118 Å². The summed E-state index contributed by atoms with van der Waals surface area (Å²) in [5.74, 6) is 1.70. The van der Waals surface area contributed by atoms with Gasteiger partial charge in [-0.15, -0.1) is 0 Å². The van der Waals surface area contributed by atoms with Crippen molar-refractivity contribution in [1.82, 2.24) is 4.98 Å². The normalized spacial score (nSPS) is 25.9. The Bertz CT molecular complexity index is 659. The van der Waals surface area contributed by atoms with Gasteiger partial charge in [-0.1, -0.05) is 30.3 Å². The number of aromatic amines is 1. The second kappa shape index (κ2) is 4.23. The highest BCUT2D eigenvalue weighted by Gasteiger charge is 2.57. The van der Waals surface area contributed by atoms with Crippen LogP contribution in [-0.4, -0.2) is 17.6 Å². The molecule has 3 nitrogen and oxygen atoms in total. The maximum Gasteiger partial charge on any atom is 0.354 e. The van der Waals surface area contributed by atoms with Crippen molar-refractivity contribution in [2.45, 2.75) is 25.2 Å². The van der Waals surface area contributed by atoms with Crippen LogP contribution >= 0.6 is 0 Å². The molecule has 0 saturated heterocycles. The van der Waals surface area contributed by atoms with Crippen LogP contribution in [0.3, 0.4) is 0 Å². The molecule has 0 spiro atoms. The van der Waals surface area contributed by atoms with E-state index >= 15 is 0 Å². The third-order valence-electron chi connectivity index (χ3n) is 4.58. The van der Waals surface area contributed by atoms with Gasteiger partial charge in [0, 0.05) is 5.69 Å². The lowest BCUT2D eigenvalue weighted by molar-refractivity contribution is 0.0520. The predicted molar refractivity (Wildman–Crippen MR) is 75.9 cm³/mol. The molecule has 3 atom stereocenters. The van der Waals surface area contributed by atoms with Crippen LogP contribution in [0.25, 0.3) is 0 Å². The van der Waals surface area contributed by atoms with Gasteiger partial charge >= 0.3 is 5.97 Å². The Morgan fingerprint density at radius 1 is 1.30 bits per heavy atom. The van der Waals surface area contributed by atoms with Gasteiger partial charge in [0.25, 0.3) is 0 Å². The second-order valence-corrected chi connectivity index (χ2v) is 5.67. The number of nitrogens with one attached hydrogen (secondary N) is 1. The number of H-pyrrole nitrogens is 1. The van der Waals surface area contributed by atoms with E-state index in [2.05, 4.69) is 35.3 Å². The van der Waals surface area contributed by atoms with Gasteiger partial charge in [0.1, 0.15) is 5.69 Å². The molecular formula is C17H17NO2. The zero-order chi connectivity index (χ0) is 13.7. The standard InChI is InChI=1S/C17H17NO2/c1-2-20-17(19)14-8-11-13(18-14)9-12-15(16(11)12)10-6-4-3-5-7-10/h3-8,12,15-16,18H,2,9H2,1H3/t12-,15-,16-/m1/s1. The van der Waals surface area contributed by atoms with E-state index in [1.54, 1.807) is 0 Å². The summed E-state index contributed by atoms with van der Waals surface area (Å²) < 4.78 is 5.05. The van der Waals surface area contributed by atoms with Crippen molar-refractivity contribution < 1.29 is 9.53 Å². The lowest BCUT2D eigenvalue weighted by atomic mass is 10.0. The average molecular weight is 267 g/mol. The van der Waals surface area contributed by atoms with Gasteiger partial charge in [-0.2, -0.15) is 0 Å². The molecule has 1 fully saturated rings. The molecule has 0 amide bonds. The summed E-state index contributed by atoms with van der Waals surface area (Å²) in [7, 11) is 0. The van der Waals surface area contributed by atoms with E-state index in [1.807, 2.05) is 13.0 Å². The average Bonchev–Trinajstić information content (AvgIpc) is 2.83. The molecule has 1 saturated carbocycles. The summed E-state index contributed by atoms with van der Waals surface area (Å²) in [6, 6.07) is 12.7. The van der Waals surface area contributed by atoms with E-state index in [4.69, 9.17) is 4.74 Å². The summed E-state index contributed by atoms with van der Waals surface area (Å²) >= 11 is 0. The Hall–Kier alpha value is -2.03. The van der Waals surface area contributed by atoms with Crippen molar-refractivity contribution in [1.29, 1.82) is 0 Å². The first-order chi connectivity index (χ1) is 9.79. The number of ether oxygens (including phenoxy) is 1. The quantitative estimate of drug-likeness (QED) is 0.867. The fraction of sp³-hybridized carbons (Fsp3) is 0.353. The van der Waals surface area contributed by atoms with Crippen molar-refractivity contribution >= 4 is 5.97 Å². The number of carbonyl (C=O) groups is 1. The summed E-state index contributed by atoms with van der Waals surface area (Å²) in [6.07, 6.45) is 1.05. The molecule has 4 rings (SSSR count). The molecule has 1 heterocycles. The first-order valence-corrected chi connectivity index (χ1v) is 7.23. The number of hydrogen-bond donors (Lipinski definition) is 1. The largest absolute Gasteiger partial charge is 0.461 e. The van der Waals surface area contributed by atoms with Crippen LogP contribution in [-0.2, 0) is 11.2 Å². The van der Waals surface area contributed by atoms with Crippen LogP contribution in [0, 0.1) is 5.92 Å². The Morgan fingerprint density at radius 3 is 2.85 bits per heavy atom. The van der Waals surface area contributed by atoms with Crippen LogP contribution in [0.5, 0.6) is 0 Å². The minimum absolute atomic E-state index is 0.240. The van der Waals surface area contributed by atoms with E-state index in [0.717, 1.165) is 12.3 Å². The van der Waals surface area contributed by atoms with Gasteiger partial charge in [-0.3, -0.25) is 0 Å². The molecule has 102 valence electrons. The highest BCUT2D eigenvalue weighted by Crippen LogP contribution is 2.66. The Morgan fingerprint density at radius 2 is 2.10 bits per heavy atom. The molecule has 1 aromatic heterocycles. The van der Waals surface area contributed by atoms with Gasteiger partial charge in [-0.05, 0) is 48.3 Å². The van der Waals surface area contributed by atoms with Crippen LogP contribution in [0.2, 0.25) is 0 Å². The number of fused-ring (bicyclic) bond motifs is 3. The van der Waals surface area contributed by atoms with Crippen LogP contribution in [0.15, 0.2) is 36.4 Å². The summed E-state index contributed by atoms with van der Waals surface area (Å²) in [4.78, 5) is 15.0. The highest BCUT2D eigenvalue weighted by molar-refractivity contribution is 5.88. The molecule has 1 aromatic carbocycles. The second-order valence-electron chi connectivity index (χ2n) is 5.67. The molecular weight excluding hydrogens is 250 g/mol. The van der Waals surface area contributed by atoms with Crippen molar-refractivity contribution in [3.63, 3.8) is 0 Å². The maximum absolute atomic E-state index is 11.8. The SMILES string of the molecule is CCOC(=O)c1cc2c([nH]1)C[C@@H]1[C@@H](c3ccccc3)[C@H]21. The molecule has 2 aliphatic carbocycles. The number of benzene rings is 1. The fourth-order valence-corrected chi connectivity index (χ4v) is 3.72. The highest BCUT2D eigenvalue weighted by atomic mass is 16.5. The first-order valence-electron chi connectivity index (χ1n) is 7.23. The molecule has 2 aliphatic rings. The van der Waals surface area contributed by atoms with Crippen LogP contribution in [0.4, 0.5) is 0 Å². The third kappa shape index (κ3) is 1.62. The number of aromatic nitrogens is 1. The summed E-state index contributed by atoms with van der Waals surface area (Å²) in [5, 5.41) is 0. The zero-order valence-corrected chi connectivity index (χ0v) is 11.4. The number of carbonyl (C=O) groups excluding carboxylic acids is 1. The van der Waals surface area contributed by atoms with E-state index in [0.29, 0.717) is 24.1 Å². The zero-order valence-electron chi connectivity index (χ0n) is 11.4. The first kappa shape index (κ1) is 11.8. The van der Waals surface area contributed by atoms with E-state index in [1.165, 1.54) is 16.8 Å². The Kier molecular flexibility index (Phi) is 2.49. The van der Waals surface area contributed by atoms with Gasteiger partial charge in [0.2, 0.25) is 0 Å². The van der Waals surface area contributed by atoms with Crippen LogP contribution in [0.1, 0.15) is 46.1 Å². The fourth-order valence-electron chi connectivity index (χ4n) is 3.72. The smallest absolute Gasteiger partial charge is 0.354 e. The minimum Gasteiger partial charge on any atom is -0.461 e. The number of esters is 1. The van der Waals surface area contributed by atoms with Crippen LogP contribution < -0.4 is 0 Å². The summed E-state index contributed by atoms with van der Waals surface area (Å²) in [5.41, 5.74) is 4.59. The molecule has 20 heavy (non-hydrogen) atoms. The maximum atomic E-state index is 11.8. The van der Waals surface area contributed by atoms with E-state index < -0.39 is 0 Å². The molecule has 0 aliphatic heterocycles. The van der Waals surface area contributed by atoms with Crippen molar-refractivity contribution in [3.8, 4) is 0 Å². The predicted octanol–water partition coefficient (Wildman–Crippen LogP) is 3.24. The van der Waals surface area contributed by atoms with Gasteiger partial charge < -0.3 is 9.72 Å². The lowest BCUT2D eigenvalue weighted by Gasteiger charge is -2.03. The number of hydrogen-bond acceptors (Lipinski definition) is 2. The number of rotatable bonds is 3. The molecule has 0 radical (unpaired) electrons. The van der Waals surface area contributed by atoms with Gasteiger partial charge in [0.05, 0.1) is 6.61 Å². The Balaban J connectivity index is 1.59. The van der Waals surface area contributed by atoms with Crippen molar-refractivity contribution in [3.05, 3.63) is 58.9 Å². The van der Waals surface area contributed by atoms with E-state index in [9.17, 15) is 4.79 Å². The van der Waals surface area contributed by atoms with Gasteiger partial charge in [-0.25, -0.2) is 4.79 Å². The van der Waals surface area contributed by atoms with Gasteiger partial charge in [0.15, 0.2) is 0 Å². The van der Waals surface area contributed by atoms with Crippen molar-refractivity contribution in [2.24, 2.45) is 5.92 Å². The molecule has 0 unspecified atom stereocenters. The van der Waals surface area contributed by atoms with E-state index in [-0.39, 0.29) is 5.97 Å². The molecule has 2 aromatic rings. The summed E-state index contributed by atoms with van der Waals surface area (Å²) in [6.45, 7) is 2.25. The third-order valence-corrected chi connectivity index (χ3v) is 4.58. The lowest BCUT2D eigenvalue weighted by Crippen LogP contribution is -2.05. The topological polar surface area (TPSA) is 42.1 Å². The molecule has 0 bridgehead atoms. The van der Waals surface area contributed by atoms with Crippen molar-refractivity contribution in [2.75, 3.05) is 6.61 Å². The monoisotopic (exact) mass is 267 g/mol. The molecule has 1 N–H and O–H groups in total. The molecule has 3 heteroatoms. The minimum atomic E-state index is -0.240.